The molecule has 168 valence electrons. The maximum atomic E-state index is 13.8. The fraction of sp³-hybridized carbons (Fsp3) is 0.667. The van der Waals surface area contributed by atoms with E-state index < -0.39 is 33.8 Å². The molecule has 9 nitrogen and oxygen atoms in total. The van der Waals surface area contributed by atoms with Crippen LogP contribution < -0.4 is 4.90 Å². The summed E-state index contributed by atoms with van der Waals surface area (Å²) in [5.74, 6) is -0.399. The van der Waals surface area contributed by atoms with Gasteiger partial charge in [0.1, 0.15) is 16.8 Å². The Morgan fingerprint density at radius 2 is 1.90 bits per heavy atom. The van der Waals surface area contributed by atoms with Crippen LogP contribution in [0.2, 0.25) is 0 Å². The lowest BCUT2D eigenvalue weighted by Crippen LogP contribution is -2.57. The van der Waals surface area contributed by atoms with Gasteiger partial charge < -0.3 is 4.74 Å². The highest BCUT2D eigenvalue weighted by Crippen LogP contribution is 2.46. The van der Waals surface area contributed by atoms with Crippen LogP contribution in [0.5, 0.6) is 0 Å². The normalized spacial score (nSPS) is 25.3. The van der Waals surface area contributed by atoms with Crippen LogP contribution in [0.15, 0.2) is 11.4 Å². The molecule has 10 heteroatoms. The summed E-state index contributed by atoms with van der Waals surface area (Å²) < 4.78 is 17.3. The first-order chi connectivity index (χ1) is 14.5. The summed E-state index contributed by atoms with van der Waals surface area (Å²) in [5.41, 5.74) is -1.44. The second-order valence-electron chi connectivity index (χ2n) is 9.51. The van der Waals surface area contributed by atoms with Crippen molar-refractivity contribution in [2.45, 2.75) is 76.1 Å². The molecule has 1 spiro atoms. The summed E-state index contributed by atoms with van der Waals surface area (Å²) in [6, 6.07) is -0.0696. The van der Waals surface area contributed by atoms with Crippen molar-refractivity contribution < 1.29 is 23.3 Å². The Kier molecular flexibility index (Phi) is 5.39. The monoisotopic (exact) mass is 448 g/mol. The number of hydrogen-bond acceptors (Lipinski definition) is 7. The van der Waals surface area contributed by atoms with E-state index in [1.807, 2.05) is 0 Å². The van der Waals surface area contributed by atoms with Gasteiger partial charge in [-0.3, -0.25) is 18.7 Å². The van der Waals surface area contributed by atoms with Gasteiger partial charge in [-0.1, -0.05) is 12.8 Å². The average molecular weight is 449 g/mol. The molecule has 2 atom stereocenters. The number of anilines is 1. The number of amides is 3. The maximum Gasteiger partial charge on any atom is 0.417 e. The minimum absolute atomic E-state index is 0.0696. The summed E-state index contributed by atoms with van der Waals surface area (Å²) in [4.78, 5) is 51.2. The van der Waals surface area contributed by atoms with Crippen LogP contribution in [0.1, 0.15) is 58.4 Å². The lowest BCUT2D eigenvalue weighted by molar-refractivity contribution is -0.144. The predicted octanol–water partition coefficient (Wildman–Crippen LogP) is 2.20. The molecule has 3 aliphatic rings. The van der Waals surface area contributed by atoms with Crippen LogP contribution in [-0.4, -0.2) is 61.4 Å². The number of ether oxygens (including phenoxy) is 1. The van der Waals surface area contributed by atoms with Crippen molar-refractivity contribution in [3.05, 3.63) is 11.8 Å². The van der Waals surface area contributed by atoms with Crippen molar-refractivity contribution in [3.8, 4) is 0 Å². The highest BCUT2D eigenvalue weighted by Gasteiger charge is 2.60. The number of hydrogen-bond donors (Lipinski definition) is 0. The van der Waals surface area contributed by atoms with Crippen LogP contribution in [0, 0.1) is 5.41 Å². The molecule has 3 amide bonds. The van der Waals surface area contributed by atoms with E-state index in [1.165, 1.54) is 6.26 Å². The third-order valence-electron chi connectivity index (χ3n) is 6.15. The summed E-state index contributed by atoms with van der Waals surface area (Å²) >= 11 is 0. The number of aromatic nitrogens is 2. The van der Waals surface area contributed by atoms with Crippen molar-refractivity contribution in [1.82, 2.24) is 14.9 Å². The Morgan fingerprint density at radius 1 is 1.23 bits per heavy atom. The standard InChI is InChI=1S/C21H28N4O5S/c1-20(2,3)30-19(28)24-10-9-21(16(24)26)11-13-12-22-18(31(4)29)23-15(13)25(17(21)27)14-7-5-6-8-14/h12,14H,5-11H2,1-4H3/t21-,31?/m0/s1. The Hall–Kier alpha value is -2.36. The van der Waals surface area contributed by atoms with Gasteiger partial charge in [0, 0.05) is 37.0 Å². The van der Waals surface area contributed by atoms with Crippen LogP contribution in [0.3, 0.4) is 0 Å². The van der Waals surface area contributed by atoms with Gasteiger partial charge in [0.05, 0.1) is 10.8 Å². The second-order valence-corrected chi connectivity index (χ2v) is 10.8. The third-order valence-corrected chi connectivity index (χ3v) is 6.86. The molecule has 0 radical (unpaired) electrons. The minimum Gasteiger partial charge on any atom is -0.443 e. The maximum absolute atomic E-state index is 13.8. The SMILES string of the molecule is CS(=O)c1ncc2c(n1)N(C1CCCC1)C(=O)[C@@]1(CCN(C(=O)OC(C)(C)C)C1=O)C2. The van der Waals surface area contributed by atoms with Crippen LogP contribution in [0.25, 0.3) is 0 Å². The molecule has 1 aromatic rings. The number of carbonyl (C=O) groups is 3. The number of rotatable bonds is 2. The lowest BCUT2D eigenvalue weighted by Gasteiger charge is -2.41. The lowest BCUT2D eigenvalue weighted by atomic mass is 9.76. The smallest absolute Gasteiger partial charge is 0.417 e. The third kappa shape index (κ3) is 3.75. The van der Waals surface area contributed by atoms with Gasteiger partial charge in [0.15, 0.2) is 0 Å². The first kappa shape index (κ1) is 21.9. The predicted molar refractivity (Wildman–Crippen MR) is 113 cm³/mol. The minimum atomic E-state index is -1.39. The summed E-state index contributed by atoms with van der Waals surface area (Å²) in [6.45, 7) is 5.33. The van der Waals surface area contributed by atoms with Gasteiger partial charge in [0.25, 0.3) is 0 Å². The van der Waals surface area contributed by atoms with Gasteiger partial charge >= 0.3 is 6.09 Å². The number of likely N-dealkylation sites (tertiary alicyclic amines) is 1. The molecule has 1 saturated carbocycles. The van der Waals surface area contributed by atoms with E-state index in [4.69, 9.17) is 4.74 Å². The highest BCUT2D eigenvalue weighted by atomic mass is 32.2. The van der Waals surface area contributed by atoms with Crippen molar-refractivity contribution in [2.75, 3.05) is 17.7 Å². The number of nitrogens with zero attached hydrogens (tertiary/aromatic N) is 4. The van der Waals surface area contributed by atoms with E-state index in [0.717, 1.165) is 30.6 Å². The zero-order chi connectivity index (χ0) is 22.6. The fourth-order valence-electron chi connectivity index (χ4n) is 4.71. The van der Waals surface area contributed by atoms with E-state index in [1.54, 1.807) is 31.9 Å². The van der Waals surface area contributed by atoms with Gasteiger partial charge in [-0.2, -0.15) is 0 Å². The van der Waals surface area contributed by atoms with E-state index in [9.17, 15) is 18.6 Å². The molecule has 3 heterocycles. The molecule has 0 bridgehead atoms. The Labute approximate surface area is 184 Å². The molecule has 1 aliphatic carbocycles. The zero-order valence-corrected chi connectivity index (χ0v) is 19.2. The summed E-state index contributed by atoms with van der Waals surface area (Å²) in [7, 11) is -1.39. The molecule has 0 aromatic carbocycles. The van der Waals surface area contributed by atoms with Gasteiger partial charge in [-0.15, -0.1) is 0 Å². The van der Waals surface area contributed by atoms with Crippen molar-refractivity contribution >= 4 is 34.5 Å². The van der Waals surface area contributed by atoms with Gasteiger partial charge in [-0.05, 0) is 40.0 Å². The Balaban J connectivity index is 1.73. The molecule has 4 rings (SSSR count). The van der Waals surface area contributed by atoms with E-state index in [-0.39, 0.29) is 36.5 Å². The molecule has 2 fully saturated rings. The van der Waals surface area contributed by atoms with Crippen molar-refractivity contribution in [2.24, 2.45) is 5.41 Å². The van der Waals surface area contributed by atoms with Crippen LogP contribution in [0.4, 0.5) is 10.6 Å². The number of fused-ring (bicyclic) bond motifs is 1. The van der Waals surface area contributed by atoms with E-state index >= 15 is 0 Å². The Bertz CT molecular complexity index is 969. The van der Waals surface area contributed by atoms with E-state index in [0.29, 0.717) is 11.4 Å². The fourth-order valence-corrected chi connectivity index (χ4v) is 5.12. The number of carbonyl (C=O) groups excluding carboxylic acids is 3. The molecule has 1 aromatic heterocycles. The van der Waals surface area contributed by atoms with Gasteiger partial charge in [-0.25, -0.2) is 19.7 Å². The summed E-state index contributed by atoms with van der Waals surface area (Å²) in [5, 5.41) is 0.165. The second kappa shape index (κ2) is 7.65. The van der Waals surface area contributed by atoms with Gasteiger partial charge in [0.2, 0.25) is 17.0 Å². The highest BCUT2D eigenvalue weighted by molar-refractivity contribution is 7.84. The molecule has 2 aliphatic heterocycles. The molecular weight excluding hydrogens is 420 g/mol. The topological polar surface area (TPSA) is 110 Å². The largest absolute Gasteiger partial charge is 0.443 e. The van der Waals surface area contributed by atoms with E-state index in [2.05, 4.69) is 9.97 Å². The molecule has 1 saturated heterocycles. The van der Waals surface area contributed by atoms with Crippen molar-refractivity contribution in [1.29, 1.82) is 0 Å². The first-order valence-corrected chi connectivity index (χ1v) is 12.2. The van der Waals surface area contributed by atoms with Crippen LogP contribution in [-0.2, 0) is 31.5 Å². The Morgan fingerprint density at radius 3 is 2.52 bits per heavy atom. The quantitative estimate of drug-likeness (QED) is 0.504. The number of imide groups is 1. The summed E-state index contributed by atoms with van der Waals surface area (Å²) in [6.07, 6.45) is 6.31. The zero-order valence-electron chi connectivity index (χ0n) is 18.3. The van der Waals surface area contributed by atoms with Crippen LogP contribution >= 0.6 is 0 Å². The molecular formula is C21H28N4O5S. The average Bonchev–Trinajstić information content (AvgIpc) is 3.30. The molecule has 0 N–H and O–H groups in total. The first-order valence-electron chi connectivity index (χ1n) is 10.6. The van der Waals surface area contributed by atoms with Crippen molar-refractivity contribution in [3.63, 3.8) is 0 Å². The molecule has 31 heavy (non-hydrogen) atoms. The molecule has 1 unspecified atom stereocenters.